The van der Waals surface area contributed by atoms with Crippen LogP contribution >= 0.6 is 7.60 Å². The number of esters is 1. The highest BCUT2D eigenvalue weighted by atomic mass is 31.2. The van der Waals surface area contributed by atoms with Crippen LogP contribution in [0.1, 0.15) is 35.6 Å². The van der Waals surface area contributed by atoms with Crippen molar-refractivity contribution in [2.75, 3.05) is 25.6 Å². The lowest BCUT2D eigenvalue weighted by molar-refractivity contribution is 0.0600. The number of hydrogen-bond acceptors (Lipinski definition) is 8. The molecule has 3 N–H and O–H groups in total. The van der Waals surface area contributed by atoms with Crippen LogP contribution in [0.2, 0.25) is 0 Å². The third-order valence-corrected chi connectivity index (χ3v) is 6.13. The maximum Gasteiger partial charge on any atom is 0.357 e. The molecule has 8 nitrogen and oxygen atoms in total. The van der Waals surface area contributed by atoms with Gasteiger partial charge in [-0.05, 0) is 50.2 Å². The van der Waals surface area contributed by atoms with Gasteiger partial charge in [0.2, 0.25) is 0 Å². The highest BCUT2D eigenvalue weighted by Gasteiger charge is 2.38. The Morgan fingerprint density at radius 1 is 1.07 bits per heavy atom. The molecule has 0 aliphatic carbocycles. The minimum atomic E-state index is -3.74. The van der Waals surface area contributed by atoms with Crippen molar-refractivity contribution in [1.82, 2.24) is 0 Å². The van der Waals surface area contributed by atoms with Gasteiger partial charge in [0.1, 0.15) is 11.5 Å². The molecule has 0 heterocycles. The normalized spacial score (nSPS) is 12.4. The molecule has 152 valence electrons. The maximum absolute atomic E-state index is 13.4. The molecule has 1 unspecified atom stereocenters. The molecule has 0 saturated heterocycles. The van der Waals surface area contributed by atoms with Gasteiger partial charge in [-0.25, -0.2) is 4.79 Å². The molecule has 0 radical (unpaired) electrons. The number of rotatable bonds is 9. The van der Waals surface area contributed by atoms with Crippen LogP contribution in [0.3, 0.4) is 0 Å². The number of hydrogen-bond donors (Lipinski definition) is 3. The number of anilines is 1. The summed E-state index contributed by atoms with van der Waals surface area (Å²) in [6, 6.07) is 10.3. The Bertz CT molecular complexity index is 844. The number of phenols is 2. The minimum absolute atomic E-state index is 0.134. The van der Waals surface area contributed by atoms with E-state index in [4.69, 9.17) is 9.05 Å². The van der Waals surface area contributed by atoms with Crippen molar-refractivity contribution in [3.8, 4) is 11.5 Å². The van der Waals surface area contributed by atoms with Gasteiger partial charge < -0.3 is 29.3 Å². The van der Waals surface area contributed by atoms with Gasteiger partial charge in [-0.15, -0.1) is 0 Å². The Morgan fingerprint density at radius 3 is 2.18 bits per heavy atom. The summed E-state index contributed by atoms with van der Waals surface area (Å²) in [5, 5.41) is 22.9. The van der Waals surface area contributed by atoms with Crippen molar-refractivity contribution in [1.29, 1.82) is 0 Å². The van der Waals surface area contributed by atoms with Crippen LogP contribution in [-0.2, 0) is 18.3 Å². The second-order valence-electron chi connectivity index (χ2n) is 5.73. The highest BCUT2D eigenvalue weighted by molar-refractivity contribution is 7.54. The third kappa shape index (κ3) is 5.04. The van der Waals surface area contributed by atoms with Gasteiger partial charge in [0.05, 0.1) is 25.9 Å². The topological polar surface area (TPSA) is 114 Å². The van der Waals surface area contributed by atoms with Crippen molar-refractivity contribution < 1.29 is 33.4 Å². The molecule has 0 amide bonds. The Labute approximate surface area is 163 Å². The Balaban J connectivity index is 2.45. The molecule has 2 aromatic carbocycles. The third-order valence-electron chi connectivity index (χ3n) is 3.85. The van der Waals surface area contributed by atoms with Crippen LogP contribution in [0.25, 0.3) is 0 Å². The van der Waals surface area contributed by atoms with E-state index < -0.39 is 19.3 Å². The Kier molecular flexibility index (Phi) is 7.45. The van der Waals surface area contributed by atoms with E-state index >= 15 is 0 Å². The fraction of sp³-hybridized carbons (Fsp3) is 0.316. The molecule has 0 aromatic heterocycles. The van der Waals surface area contributed by atoms with Gasteiger partial charge in [0, 0.05) is 17.3 Å². The average Bonchev–Trinajstić information content (AvgIpc) is 2.67. The molecule has 0 spiro atoms. The van der Waals surface area contributed by atoms with Gasteiger partial charge in [-0.1, -0.05) is 0 Å². The number of methoxy groups -OCH3 is 1. The van der Waals surface area contributed by atoms with Crippen molar-refractivity contribution in [3.05, 3.63) is 53.6 Å². The molecule has 0 aliphatic heterocycles. The van der Waals surface area contributed by atoms with Crippen molar-refractivity contribution in [2.45, 2.75) is 19.6 Å². The molecule has 0 saturated carbocycles. The summed E-state index contributed by atoms with van der Waals surface area (Å²) in [7, 11) is -2.45. The van der Waals surface area contributed by atoms with E-state index in [1.807, 2.05) is 0 Å². The molecule has 1 atom stereocenters. The van der Waals surface area contributed by atoms with Crippen LogP contribution in [0, 0.1) is 0 Å². The van der Waals surface area contributed by atoms with Crippen LogP contribution in [0.5, 0.6) is 11.5 Å². The largest absolute Gasteiger partial charge is 0.508 e. The number of nitrogens with one attached hydrogen (secondary N) is 1. The molecule has 0 aliphatic rings. The van der Waals surface area contributed by atoms with Crippen molar-refractivity contribution in [2.24, 2.45) is 0 Å². The number of phenolic OH excluding ortho intramolecular Hbond substituents is 2. The van der Waals surface area contributed by atoms with Crippen molar-refractivity contribution in [3.63, 3.8) is 0 Å². The summed E-state index contributed by atoms with van der Waals surface area (Å²) in [5.74, 6) is -1.92. The molecule has 9 heteroatoms. The van der Waals surface area contributed by atoms with Gasteiger partial charge in [0.25, 0.3) is 0 Å². The number of aromatic hydroxyl groups is 2. The summed E-state index contributed by atoms with van der Waals surface area (Å²) in [6.45, 7) is 3.64. The molecule has 28 heavy (non-hydrogen) atoms. The fourth-order valence-electron chi connectivity index (χ4n) is 2.61. The van der Waals surface area contributed by atoms with Gasteiger partial charge in [-0.3, -0.25) is 4.57 Å². The molecular weight excluding hydrogens is 385 g/mol. The van der Waals surface area contributed by atoms with Crippen LogP contribution in [-0.4, -0.2) is 36.5 Å². The van der Waals surface area contributed by atoms with Gasteiger partial charge >= 0.3 is 13.6 Å². The second kappa shape index (κ2) is 9.59. The second-order valence-corrected chi connectivity index (χ2v) is 7.85. The smallest absolute Gasteiger partial charge is 0.357 e. The zero-order valence-electron chi connectivity index (χ0n) is 15.9. The quantitative estimate of drug-likeness (QED) is 0.416. The lowest BCUT2D eigenvalue weighted by Crippen LogP contribution is -2.15. The van der Waals surface area contributed by atoms with E-state index in [2.05, 4.69) is 10.1 Å². The number of ether oxygens (including phenoxy) is 1. The van der Waals surface area contributed by atoms with E-state index in [-0.39, 0.29) is 30.3 Å². The predicted octanol–water partition coefficient (Wildman–Crippen LogP) is 4.26. The van der Waals surface area contributed by atoms with Gasteiger partial charge in [0.15, 0.2) is 5.78 Å². The highest BCUT2D eigenvalue weighted by Crippen LogP contribution is 2.62. The number of carbonyl (C=O) groups excluding carboxylic acids is 1. The summed E-state index contributed by atoms with van der Waals surface area (Å²) in [5.41, 5.74) is 1.11. The summed E-state index contributed by atoms with van der Waals surface area (Å²) >= 11 is 0. The summed E-state index contributed by atoms with van der Waals surface area (Å²) in [4.78, 5) is 11.6. The molecule has 2 rings (SSSR count). The molecule has 2 aromatic rings. The van der Waals surface area contributed by atoms with Crippen LogP contribution in [0.15, 0.2) is 42.5 Å². The van der Waals surface area contributed by atoms with E-state index in [0.717, 1.165) is 6.07 Å². The first-order chi connectivity index (χ1) is 13.3. The lowest BCUT2D eigenvalue weighted by atomic mass is 10.1. The van der Waals surface area contributed by atoms with Crippen LogP contribution < -0.4 is 5.32 Å². The number of benzene rings is 2. The van der Waals surface area contributed by atoms with E-state index in [1.54, 1.807) is 38.1 Å². The fourth-order valence-corrected chi connectivity index (χ4v) is 4.57. The average molecular weight is 409 g/mol. The molecule has 0 fully saturated rings. The zero-order valence-corrected chi connectivity index (χ0v) is 16.8. The monoisotopic (exact) mass is 409 g/mol. The van der Waals surface area contributed by atoms with E-state index in [1.165, 1.54) is 19.2 Å². The standard InChI is InChI=1S/C19H24NO7P/c1-4-26-28(24,27-5-2)18(16-11-10-15(21)12-17(16)22)20-14-8-6-13(7-9-14)19(23)25-3/h6-12,18,20-22H,4-5H2,1-3H3. The van der Waals surface area contributed by atoms with Crippen molar-refractivity contribution >= 4 is 19.3 Å². The Morgan fingerprint density at radius 2 is 1.68 bits per heavy atom. The first kappa shape index (κ1) is 21.8. The molecular formula is C19H24NO7P. The first-order valence-corrected chi connectivity index (χ1v) is 10.3. The maximum atomic E-state index is 13.4. The first-order valence-electron chi connectivity index (χ1n) is 8.70. The molecule has 0 bridgehead atoms. The SMILES string of the molecule is CCOP(=O)(OCC)C(Nc1ccc(C(=O)OC)cc1)c1ccc(O)cc1O. The minimum Gasteiger partial charge on any atom is -0.508 e. The van der Waals surface area contributed by atoms with Crippen LogP contribution in [0.4, 0.5) is 5.69 Å². The predicted molar refractivity (Wildman–Crippen MR) is 105 cm³/mol. The van der Waals surface area contributed by atoms with E-state index in [0.29, 0.717) is 11.3 Å². The lowest BCUT2D eigenvalue weighted by Gasteiger charge is -2.28. The summed E-state index contributed by atoms with van der Waals surface area (Å²) < 4.78 is 29.0. The zero-order chi connectivity index (χ0) is 20.7. The van der Waals surface area contributed by atoms with E-state index in [9.17, 15) is 19.6 Å². The summed E-state index contributed by atoms with van der Waals surface area (Å²) in [6.07, 6.45) is 0. The van der Waals surface area contributed by atoms with Gasteiger partial charge in [-0.2, -0.15) is 0 Å². The Hall–Kier alpha value is -2.54. The number of carbonyl (C=O) groups is 1.